The third-order valence-corrected chi connectivity index (χ3v) is 4.41. The Morgan fingerprint density at radius 1 is 1.30 bits per heavy atom. The average Bonchev–Trinajstić information content (AvgIpc) is 2.57. The minimum Gasteiger partial charge on any atom is -0.381 e. The van der Waals surface area contributed by atoms with E-state index in [1.54, 1.807) is 12.1 Å². The van der Waals surface area contributed by atoms with Crippen molar-refractivity contribution in [2.45, 2.75) is 18.3 Å². The molecule has 1 N–H and O–H groups in total. The molecule has 120 valence electrons. The zero-order chi connectivity index (χ0) is 16.3. The summed E-state index contributed by atoms with van der Waals surface area (Å²) in [6, 6.07) is 8.44. The lowest BCUT2D eigenvalue weighted by atomic mass is 9.73. The lowest BCUT2D eigenvalue weighted by Crippen LogP contribution is -2.45. The number of pyridine rings is 1. The number of hydrogen-bond acceptors (Lipinski definition) is 3. The number of aromatic nitrogens is 1. The van der Waals surface area contributed by atoms with Crippen LogP contribution in [0.4, 0.5) is 10.1 Å². The molecule has 1 aromatic carbocycles. The molecule has 0 atom stereocenters. The van der Waals surface area contributed by atoms with E-state index in [1.807, 2.05) is 12.1 Å². The summed E-state index contributed by atoms with van der Waals surface area (Å²) in [4.78, 5) is 16.8. The van der Waals surface area contributed by atoms with Gasteiger partial charge in [-0.3, -0.25) is 9.78 Å². The van der Waals surface area contributed by atoms with Crippen LogP contribution in [0.3, 0.4) is 0 Å². The zero-order valence-electron chi connectivity index (χ0n) is 12.4. The number of amides is 1. The fraction of sp³-hybridized carbons (Fsp3) is 0.294. The van der Waals surface area contributed by atoms with E-state index in [2.05, 4.69) is 10.3 Å². The van der Waals surface area contributed by atoms with E-state index in [1.165, 1.54) is 18.5 Å². The molecule has 4 nitrogen and oxygen atoms in total. The lowest BCUT2D eigenvalue weighted by Gasteiger charge is -2.36. The Balaban J connectivity index is 1.96. The zero-order valence-corrected chi connectivity index (χ0v) is 13.1. The van der Waals surface area contributed by atoms with Crippen molar-refractivity contribution in [3.63, 3.8) is 0 Å². The first-order chi connectivity index (χ1) is 11.1. The maximum absolute atomic E-state index is 13.8. The number of nitrogens with one attached hydrogen (secondary N) is 1. The largest absolute Gasteiger partial charge is 0.381 e. The van der Waals surface area contributed by atoms with Crippen molar-refractivity contribution < 1.29 is 13.9 Å². The summed E-state index contributed by atoms with van der Waals surface area (Å²) in [5.41, 5.74) is 0.103. The second kappa shape index (κ2) is 6.64. The summed E-state index contributed by atoms with van der Waals surface area (Å²) in [5, 5.41) is 3.23. The molecule has 1 aliphatic heterocycles. The van der Waals surface area contributed by atoms with E-state index >= 15 is 0 Å². The van der Waals surface area contributed by atoms with Crippen molar-refractivity contribution in [2.75, 3.05) is 18.5 Å². The number of carbonyl (C=O) groups excluding carboxylic acids is 1. The number of nitrogens with zero attached hydrogens (tertiary/aromatic N) is 1. The molecule has 0 bridgehead atoms. The molecule has 23 heavy (non-hydrogen) atoms. The fourth-order valence-electron chi connectivity index (χ4n) is 2.86. The maximum Gasteiger partial charge on any atom is 0.235 e. The van der Waals surface area contributed by atoms with Crippen molar-refractivity contribution in [3.05, 3.63) is 59.1 Å². The number of benzene rings is 1. The van der Waals surface area contributed by atoms with E-state index in [9.17, 15) is 9.18 Å². The van der Waals surface area contributed by atoms with Crippen LogP contribution in [0.15, 0.2) is 42.7 Å². The maximum atomic E-state index is 13.8. The molecule has 1 aliphatic rings. The average molecular weight is 335 g/mol. The molecule has 0 spiro atoms. The van der Waals surface area contributed by atoms with Crippen LogP contribution in [0.25, 0.3) is 0 Å². The number of hydrogen-bond donors (Lipinski definition) is 1. The quantitative estimate of drug-likeness (QED) is 0.933. The molecule has 0 saturated carbocycles. The van der Waals surface area contributed by atoms with Gasteiger partial charge in [-0.25, -0.2) is 4.39 Å². The monoisotopic (exact) mass is 334 g/mol. The predicted octanol–water partition coefficient (Wildman–Crippen LogP) is 3.56. The Morgan fingerprint density at radius 3 is 2.78 bits per heavy atom. The van der Waals surface area contributed by atoms with Gasteiger partial charge >= 0.3 is 0 Å². The highest BCUT2D eigenvalue weighted by molar-refractivity contribution is 6.30. The van der Waals surface area contributed by atoms with Gasteiger partial charge in [0.25, 0.3) is 0 Å². The third-order valence-electron chi connectivity index (χ3n) is 4.17. The summed E-state index contributed by atoms with van der Waals surface area (Å²) in [5.74, 6) is -0.781. The smallest absolute Gasteiger partial charge is 0.235 e. The molecule has 0 aliphatic carbocycles. The number of ether oxygens (including phenoxy) is 1. The van der Waals surface area contributed by atoms with E-state index in [0.29, 0.717) is 31.1 Å². The van der Waals surface area contributed by atoms with Gasteiger partial charge in [0.2, 0.25) is 5.91 Å². The van der Waals surface area contributed by atoms with Crippen molar-refractivity contribution >= 4 is 23.2 Å². The SMILES string of the molecule is O=C(Nc1cnccc1F)C1(c2cccc(Cl)c2)CCOCC1. The third kappa shape index (κ3) is 3.21. The van der Waals surface area contributed by atoms with Gasteiger partial charge in [0.05, 0.1) is 17.3 Å². The van der Waals surface area contributed by atoms with Crippen LogP contribution in [0.2, 0.25) is 5.02 Å². The first-order valence-corrected chi connectivity index (χ1v) is 7.74. The van der Waals surface area contributed by atoms with Gasteiger partial charge in [0.15, 0.2) is 0 Å². The Kier molecular flexibility index (Phi) is 4.59. The predicted molar refractivity (Wildman–Crippen MR) is 86.0 cm³/mol. The molecular weight excluding hydrogens is 319 g/mol. The Hall–Kier alpha value is -1.98. The van der Waals surface area contributed by atoms with Gasteiger partial charge in [-0.1, -0.05) is 23.7 Å². The topological polar surface area (TPSA) is 51.2 Å². The Bertz CT molecular complexity index is 717. The number of halogens is 2. The second-order valence-corrected chi connectivity index (χ2v) is 5.95. The van der Waals surface area contributed by atoms with Crippen molar-refractivity contribution in [3.8, 4) is 0 Å². The fourth-order valence-corrected chi connectivity index (χ4v) is 3.05. The molecule has 2 aromatic rings. The standard InChI is InChI=1S/C17H16ClFN2O2/c18-13-3-1-2-12(10-13)17(5-8-23-9-6-17)16(22)21-15-11-20-7-4-14(15)19/h1-4,7,10-11H,5-6,8-9H2,(H,21,22). The van der Waals surface area contributed by atoms with Crippen molar-refractivity contribution in [1.29, 1.82) is 0 Å². The molecule has 1 amide bonds. The molecular formula is C17H16ClFN2O2. The van der Waals surface area contributed by atoms with Crippen LogP contribution >= 0.6 is 11.6 Å². The second-order valence-electron chi connectivity index (χ2n) is 5.51. The highest BCUT2D eigenvalue weighted by Gasteiger charge is 2.42. The Morgan fingerprint density at radius 2 is 2.09 bits per heavy atom. The van der Waals surface area contributed by atoms with Crippen LogP contribution in [0.5, 0.6) is 0 Å². The molecule has 2 heterocycles. The van der Waals surface area contributed by atoms with Crippen LogP contribution in [-0.2, 0) is 14.9 Å². The first-order valence-electron chi connectivity index (χ1n) is 7.36. The minimum atomic E-state index is -0.786. The summed E-state index contributed by atoms with van der Waals surface area (Å²) in [7, 11) is 0. The molecule has 0 radical (unpaired) electrons. The summed E-state index contributed by atoms with van der Waals surface area (Å²) in [6.07, 6.45) is 3.67. The molecule has 6 heteroatoms. The summed E-state index contributed by atoms with van der Waals surface area (Å²) >= 11 is 6.08. The summed E-state index contributed by atoms with van der Waals surface area (Å²) < 4.78 is 19.2. The first kappa shape index (κ1) is 15.9. The van der Waals surface area contributed by atoms with E-state index < -0.39 is 11.2 Å². The normalized spacial score (nSPS) is 16.8. The number of anilines is 1. The van der Waals surface area contributed by atoms with E-state index in [-0.39, 0.29) is 11.6 Å². The highest BCUT2D eigenvalue weighted by atomic mass is 35.5. The van der Waals surface area contributed by atoms with Crippen LogP contribution in [-0.4, -0.2) is 24.1 Å². The van der Waals surface area contributed by atoms with Gasteiger partial charge in [-0.2, -0.15) is 0 Å². The van der Waals surface area contributed by atoms with Gasteiger partial charge in [-0.15, -0.1) is 0 Å². The number of rotatable bonds is 3. The highest BCUT2D eigenvalue weighted by Crippen LogP contribution is 2.37. The van der Waals surface area contributed by atoms with E-state index in [0.717, 1.165) is 5.56 Å². The molecule has 0 unspecified atom stereocenters. The van der Waals surface area contributed by atoms with E-state index in [4.69, 9.17) is 16.3 Å². The van der Waals surface area contributed by atoms with Gasteiger partial charge < -0.3 is 10.1 Å². The van der Waals surface area contributed by atoms with Crippen molar-refractivity contribution in [1.82, 2.24) is 4.98 Å². The van der Waals surface area contributed by atoms with Gasteiger partial charge in [0, 0.05) is 24.4 Å². The van der Waals surface area contributed by atoms with Crippen LogP contribution < -0.4 is 5.32 Å². The molecule has 3 rings (SSSR count). The van der Waals surface area contributed by atoms with Gasteiger partial charge in [0.1, 0.15) is 5.82 Å². The Labute approximate surface area is 138 Å². The van der Waals surface area contributed by atoms with Gasteiger partial charge in [-0.05, 0) is 36.6 Å². The van der Waals surface area contributed by atoms with Crippen molar-refractivity contribution in [2.24, 2.45) is 0 Å². The lowest BCUT2D eigenvalue weighted by molar-refractivity contribution is -0.125. The molecule has 1 aromatic heterocycles. The molecule has 1 fully saturated rings. The number of carbonyl (C=O) groups is 1. The van der Waals surface area contributed by atoms with Crippen LogP contribution in [0, 0.1) is 5.82 Å². The summed E-state index contributed by atoms with van der Waals surface area (Å²) in [6.45, 7) is 0.935. The molecule has 1 saturated heterocycles. The van der Waals surface area contributed by atoms with Crippen LogP contribution in [0.1, 0.15) is 18.4 Å². The minimum absolute atomic E-state index is 0.0744.